The molecule has 2 atom stereocenters. The highest BCUT2D eigenvalue weighted by molar-refractivity contribution is 6.38. The monoisotopic (exact) mass is 171 g/mol. The van der Waals surface area contributed by atoms with Gasteiger partial charge in [0.25, 0.3) is 0 Å². The second-order valence-corrected chi connectivity index (χ2v) is 4.13. The van der Waals surface area contributed by atoms with Gasteiger partial charge in [-0.1, -0.05) is 55.8 Å². The average Bonchev–Trinajstić information content (AvgIpc) is 2.20. The lowest BCUT2D eigenvalue weighted by Gasteiger charge is -2.25. The first-order valence-electron chi connectivity index (χ1n) is 5.24. The third kappa shape index (κ3) is 2.15. The van der Waals surface area contributed by atoms with E-state index in [4.69, 9.17) is 0 Å². The maximum absolute atomic E-state index is 2.47. The molecular weight excluding hydrogens is 155 g/mol. The van der Waals surface area contributed by atoms with E-state index in [2.05, 4.69) is 44.5 Å². The Morgan fingerprint density at radius 2 is 1.92 bits per heavy atom. The molecule has 1 heteroatoms. The largest absolute Gasteiger partial charge is 0.114 e. The highest BCUT2D eigenvalue weighted by atomic mass is 14.2. The Kier molecular flexibility index (Phi) is 2.72. The van der Waals surface area contributed by atoms with Crippen LogP contribution in [0.15, 0.2) is 30.3 Å². The first-order chi connectivity index (χ1) is 6.36. The van der Waals surface area contributed by atoms with Gasteiger partial charge < -0.3 is 0 Å². The fourth-order valence-electron chi connectivity index (χ4n) is 2.12. The minimum atomic E-state index is 0.789. The molecular formula is C12H16B. The predicted molar refractivity (Wildman–Crippen MR) is 58.4 cm³/mol. The van der Waals surface area contributed by atoms with Crippen molar-refractivity contribution in [3.8, 4) is 0 Å². The maximum atomic E-state index is 2.47. The van der Waals surface area contributed by atoms with Gasteiger partial charge in [-0.3, -0.25) is 0 Å². The second-order valence-electron chi connectivity index (χ2n) is 4.13. The summed E-state index contributed by atoms with van der Waals surface area (Å²) >= 11 is 0. The molecule has 1 aromatic carbocycles. The van der Waals surface area contributed by atoms with Crippen LogP contribution in [0.1, 0.15) is 31.2 Å². The summed E-state index contributed by atoms with van der Waals surface area (Å²) in [6.07, 6.45) is 3.99. The van der Waals surface area contributed by atoms with Gasteiger partial charge in [-0.25, -0.2) is 0 Å². The molecule has 1 saturated heterocycles. The van der Waals surface area contributed by atoms with Gasteiger partial charge in [-0.05, 0) is 17.9 Å². The van der Waals surface area contributed by atoms with Crippen LogP contribution in [-0.4, -0.2) is 7.28 Å². The molecule has 2 unspecified atom stereocenters. The number of hydrogen-bond donors (Lipinski definition) is 0. The van der Waals surface area contributed by atoms with E-state index in [0.29, 0.717) is 0 Å². The maximum Gasteiger partial charge on any atom is 0.114 e. The highest BCUT2D eigenvalue weighted by Crippen LogP contribution is 2.34. The van der Waals surface area contributed by atoms with Gasteiger partial charge in [0.15, 0.2) is 0 Å². The van der Waals surface area contributed by atoms with Gasteiger partial charge in [-0.2, -0.15) is 0 Å². The highest BCUT2D eigenvalue weighted by Gasteiger charge is 2.19. The smallest absolute Gasteiger partial charge is 0.0732 e. The van der Waals surface area contributed by atoms with E-state index >= 15 is 0 Å². The molecule has 0 nitrogen and oxygen atoms in total. The number of benzene rings is 1. The molecule has 67 valence electrons. The van der Waals surface area contributed by atoms with Crippen LogP contribution >= 0.6 is 0 Å². The standard InChI is InChI=1S/C12H16B/c1-10-7-8-12(9-13-10)11-5-3-2-4-6-11/h2-6,10,12H,7-9H2,1H3. The van der Waals surface area contributed by atoms with Crippen LogP contribution in [0.4, 0.5) is 0 Å². The lowest BCUT2D eigenvalue weighted by atomic mass is 9.53. The van der Waals surface area contributed by atoms with Gasteiger partial charge in [0.2, 0.25) is 0 Å². The van der Waals surface area contributed by atoms with Crippen molar-refractivity contribution in [3.05, 3.63) is 35.9 Å². The Morgan fingerprint density at radius 1 is 1.15 bits per heavy atom. The Balaban J connectivity index is 2.03. The van der Waals surface area contributed by atoms with Crippen LogP contribution in [0.3, 0.4) is 0 Å². The van der Waals surface area contributed by atoms with E-state index in [9.17, 15) is 0 Å². The molecule has 0 aliphatic carbocycles. The quantitative estimate of drug-likeness (QED) is 0.567. The van der Waals surface area contributed by atoms with E-state index in [-0.39, 0.29) is 0 Å². The van der Waals surface area contributed by atoms with E-state index in [1.54, 1.807) is 0 Å². The summed E-state index contributed by atoms with van der Waals surface area (Å²) in [5.74, 6) is 1.62. The Bertz CT molecular complexity index is 247. The van der Waals surface area contributed by atoms with E-state index < -0.39 is 0 Å². The van der Waals surface area contributed by atoms with Crippen LogP contribution in [0.25, 0.3) is 0 Å². The molecule has 1 radical (unpaired) electrons. The van der Waals surface area contributed by atoms with Crippen LogP contribution in [0.5, 0.6) is 0 Å². The van der Waals surface area contributed by atoms with Crippen molar-refractivity contribution >= 4 is 7.28 Å². The van der Waals surface area contributed by atoms with Crippen LogP contribution in [0, 0.1) is 0 Å². The summed E-state index contributed by atoms with van der Waals surface area (Å²) in [5.41, 5.74) is 1.52. The van der Waals surface area contributed by atoms with E-state index in [1.165, 1.54) is 24.7 Å². The third-order valence-electron chi connectivity index (χ3n) is 3.06. The zero-order valence-electron chi connectivity index (χ0n) is 8.24. The van der Waals surface area contributed by atoms with Gasteiger partial charge >= 0.3 is 0 Å². The first kappa shape index (κ1) is 8.86. The van der Waals surface area contributed by atoms with Crippen LogP contribution in [-0.2, 0) is 0 Å². The molecule has 0 spiro atoms. The number of hydrogen-bond acceptors (Lipinski definition) is 0. The summed E-state index contributed by atoms with van der Waals surface area (Å²) in [4.78, 5) is 0. The molecule has 0 N–H and O–H groups in total. The molecule has 0 saturated carbocycles. The second kappa shape index (κ2) is 4.00. The summed E-state index contributed by atoms with van der Waals surface area (Å²) < 4.78 is 0. The van der Waals surface area contributed by atoms with Gasteiger partial charge in [0.05, 0.1) is 0 Å². The molecule has 0 aromatic heterocycles. The SMILES string of the molecule is CC1[B]CC(c2ccccc2)CC1. The first-order valence-corrected chi connectivity index (χ1v) is 5.24. The summed E-state index contributed by atoms with van der Waals surface area (Å²) in [6.45, 7) is 2.32. The Labute approximate surface area is 81.6 Å². The van der Waals surface area contributed by atoms with Crippen molar-refractivity contribution in [2.45, 2.75) is 37.8 Å². The Hall–Kier alpha value is -0.715. The summed E-state index contributed by atoms with van der Waals surface area (Å²) in [7, 11) is 2.47. The molecule has 2 rings (SSSR count). The summed E-state index contributed by atoms with van der Waals surface area (Å²) in [5, 5.41) is 0. The fourth-order valence-corrected chi connectivity index (χ4v) is 2.12. The van der Waals surface area contributed by atoms with Crippen molar-refractivity contribution in [2.24, 2.45) is 0 Å². The lowest BCUT2D eigenvalue weighted by Crippen LogP contribution is -2.13. The Morgan fingerprint density at radius 3 is 2.54 bits per heavy atom. The predicted octanol–water partition coefficient (Wildman–Crippen LogP) is 3.49. The normalized spacial score (nSPS) is 28.1. The molecule has 1 fully saturated rings. The average molecular weight is 171 g/mol. The fraction of sp³-hybridized carbons (Fsp3) is 0.500. The topological polar surface area (TPSA) is 0 Å². The molecule has 0 bridgehead atoms. The molecule has 1 aromatic rings. The van der Waals surface area contributed by atoms with Crippen molar-refractivity contribution in [3.63, 3.8) is 0 Å². The van der Waals surface area contributed by atoms with Crippen molar-refractivity contribution in [2.75, 3.05) is 0 Å². The molecule has 13 heavy (non-hydrogen) atoms. The summed E-state index contributed by atoms with van der Waals surface area (Å²) in [6, 6.07) is 10.9. The van der Waals surface area contributed by atoms with Crippen molar-refractivity contribution < 1.29 is 0 Å². The minimum Gasteiger partial charge on any atom is -0.0732 e. The van der Waals surface area contributed by atoms with E-state index in [1.807, 2.05) is 0 Å². The van der Waals surface area contributed by atoms with E-state index in [0.717, 1.165) is 11.7 Å². The van der Waals surface area contributed by atoms with Gasteiger partial charge in [-0.15, -0.1) is 0 Å². The van der Waals surface area contributed by atoms with Crippen molar-refractivity contribution in [1.82, 2.24) is 0 Å². The van der Waals surface area contributed by atoms with Gasteiger partial charge in [0.1, 0.15) is 7.28 Å². The lowest BCUT2D eigenvalue weighted by molar-refractivity contribution is 0.585. The zero-order chi connectivity index (χ0) is 9.10. The van der Waals surface area contributed by atoms with Crippen LogP contribution in [0.2, 0.25) is 12.1 Å². The van der Waals surface area contributed by atoms with Crippen molar-refractivity contribution in [1.29, 1.82) is 0 Å². The van der Waals surface area contributed by atoms with Crippen LogP contribution < -0.4 is 0 Å². The zero-order valence-corrected chi connectivity index (χ0v) is 8.24. The third-order valence-corrected chi connectivity index (χ3v) is 3.06. The molecule has 0 amide bonds. The number of rotatable bonds is 1. The van der Waals surface area contributed by atoms with Gasteiger partial charge in [0, 0.05) is 0 Å². The minimum absolute atomic E-state index is 0.789. The molecule has 1 aliphatic heterocycles. The molecule has 1 heterocycles. The molecule has 1 aliphatic rings.